The fraction of sp³-hybridized carbons (Fsp3) is 0.733. The lowest BCUT2D eigenvalue weighted by molar-refractivity contribution is 0.373. The molecule has 1 aliphatic carbocycles. The third kappa shape index (κ3) is 2.52. The van der Waals surface area contributed by atoms with E-state index in [4.69, 9.17) is 0 Å². The van der Waals surface area contributed by atoms with Crippen LogP contribution in [0.25, 0.3) is 0 Å². The maximum Gasteiger partial charge on any atom is 0.134 e. The number of hydrogen-bond acceptors (Lipinski definition) is 1. The van der Waals surface area contributed by atoms with Crippen molar-refractivity contribution in [1.29, 1.82) is 0 Å². The van der Waals surface area contributed by atoms with E-state index in [1.807, 2.05) is 0 Å². The van der Waals surface area contributed by atoms with Gasteiger partial charge in [0.2, 0.25) is 0 Å². The molecule has 0 spiro atoms. The van der Waals surface area contributed by atoms with Gasteiger partial charge in [0.05, 0.1) is 0 Å². The second kappa shape index (κ2) is 5.43. The molecule has 0 aliphatic heterocycles. The van der Waals surface area contributed by atoms with Crippen molar-refractivity contribution >= 4 is 8.96 Å². The average molecular weight is 251 g/mol. The summed E-state index contributed by atoms with van der Waals surface area (Å²) in [4.78, 5) is 0. The molecule has 17 heavy (non-hydrogen) atoms. The highest BCUT2D eigenvalue weighted by Crippen LogP contribution is 2.39. The minimum atomic E-state index is -0.797. The van der Waals surface area contributed by atoms with Crippen LogP contribution in [0.3, 0.4) is 0 Å². The molecule has 98 valence electrons. The normalized spacial score (nSPS) is 22.8. The molecular formula is C15H29NSi. The number of hydrogen-bond donors (Lipinski definition) is 0. The molecule has 1 aliphatic rings. The van der Waals surface area contributed by atoms with E-state index < -0.39 is 8.96 Å². The van der Waals surface area contributed by atoms with Gasteiger partial charge in [0.1, 0.15) is 8.96 Å². The summed E-state index contributed by atoms with van der Waals surface area (Å²) in [6.45, 7) is 18.8. The van der Waals surface area contributed by atoms with Gasteiger partial charge >= 0.3 is 0 Å². The zero-order valence-electron chi connectivity index (χ0n) is 12.9. The summed E-state index contributed by atoms with van der Waals surface area (Å²) in [6, 6.07) is 0.688. The first-order chi connectivity index (χ1) is 7.82. The van der Waals surface area contributed by atoms with Crippen LogP contribution in [0.15, 0.2) is 22.4 Å². The first-order valence-corrected chi connectivity index (χ1v) is 9.82. The largest absolute Gasteiger partial charge is 0.401 e. The molecule has 2 unspecified atom stereocenters. The molecule has 0 aromatic rings. The first-order valence-electron chi connectivity index (χ1n) is 6.99. The van der Waals surface area contributed by atoms with Crippen molar-refractivity contribution in [2.45, 2.75) is 67.1 Å². The summed E-state index contributed by atoms with van der Waals surface area (Å²) in [5.74, 6) is 0.624. The van der Waals surface area contributed by atoms with Crippen LogP contribution in [0.2, 0.25) is 13.1 Å². The molecule has 0 aromatic carbocycles. The zero-order chi connectivity index (χ0) is 13.3. The second-order valence-corrected chi connectivity index (χ2v) is 8.54. The Balaban J connectivity index is 3.15. The van der Waals surface area contributed by atoms with Gasteiger partial charge in [-0.05, 0) is 45.3 Å². The van der Waals surface area contributed by atoms with Gasteiger partial charge in [-0.3, -0.25) is 0 Å². The lowest BCUT2D eigenvalue weighted by Crippen LogP contribution is -2.42. The van der Waals surface area contributed by atoms with Crippen molar-refractivity contribution in [3.05, 3.63) is 22.4 Å². The molecule has 2 atom stereocenters. The third-order valence-electron chi connectivity index (χ3n) is 4.50. The van der Waals surface area contributed by atoms with Crippen molar-refractivity contribution in [3.63, 3.8) is 0 Å². The molecule has 0 saturated carbocycles. The molecular weight excluding hydrogens is 222 g/mol. The topological polar surface area (TPSA) is 3.24 Å². The Bertz CT molecular complexity index is 352. The lowest BCUT2D eigenvalue weighted by Gasteiger charge is -2.38. The van der Waals surface area contributed by atoms with E-state index in [1.165, 1.54) is 17.6 Å². The van der Waals surface area contributed by atoms with Crippen LogP contribution in [-0.2, 0) is 0 Å². The highest BCUT2D eigenvalue weighted by Gasteiger charge is 2.30. The van der Waals surface area contributed by atoms with Crippen LogP contribution in [0.4, 0.5) is 0 Å². The molecule has 0 aromatic heterocycles. The highest BCUT2D eigenvalue weighted by atomic mass is 28.3. The van der Waals surface area contributed by atoms with Gasteiger partial charge in [0.25, 0.3) is 0 Å². The Morgan fingerprint density at radius 1 is 1.18 bits per heavy atom. The standard InChI is InChI=1S/C15H29NSi/c1-9-10(2)16(17(7)8)15-13(5)11(3)12(4)14(15)6/h10,13,17H,9H2,1-8H3. The van der Waals surface area contributed by atoms with Crippen LogP contribution in [0.1, 0.15) is 48.0 Å². The van der Waals surface area contributed by atoms with Crippen LogP contribution in [0.5, 0.6) is 0 Å². The molecule has 0 amide bonds. The molecule has 0 N–H and O–H groups in total. The highest BCUT2D eigenvalue weighted by molar-refractivity contribution is 6.53. The van der Waals surface area contributed by atoms with Crippen LogP contribution >= 0.6 is 0 Å². The van der Waals surface area contributed by atoms with Crippen molar-refractivity contribution in [1.82, 2.24) is 4.57 Å². The minimum Gasteiger partial charge on any atom is -0.401 e. The molecule has 0 bridgehead atoms. The summed E-state index contributed by atoms with van der Waals surface area (Å²) in [6.07, 6.45) is 1.24. The van der Waals surface area contributed by atoms with Gasteiger partial charge in [-0.1, -0.05) is 32.5 Å². The van der Waals surface area contributed by atoms with E-state index in [1.54, 1.807) is 11.3 Å². The Morgan fingerprint density at radius 2 is 1.71 bits per heavy atom. The van der Waals surface area contributed by atoms with E-state index in [2.05, 4.69) is 59.2 Å². The summed E-state index contributed by atoms with van der Waals surface area (Å²) in [7, 11) is -0.797. The van der Waals surface area contributed by atoms with Crippen LogP contribution in [-0.4, -0.2) is 19.6 Å². The van der Waals surface area contributed by atoms with Crippen molar-refractivity contribution in [2.75, 3.05) is 0 Å². The predicted molar refractivity (Wildman–Crippen MR) is 80.7 cm³/mol. The monoisotopic (exact) mass is 251 g/mol. The van der Waals surface area contributed by atoms with E-state index >= 15 is 0 Å². The SMILES string of the molecule is CCC(C)N(C1=C(C)C(C)=C(C)C1C)[SiH](C)C. The van der Waals surface area contributed by atoms with E-state index in [0.717, 1.165) is 0 Å². The maximum atomic E-state index is 2.76. The van der Waals surface area contributed by atoms with E-state index in [-0.39, 0.29) is 0 Å². The quantitative estimate of drug-likeness (QED) is 0.672. The number of nitrogens with zero attached hydrogens (tertiary/aromatic N) is 1. The molecule has 1 rings (SSSR count). The summed E-state index contributed by atoms with van der Waals surface area (Å²) in [5, 5.41) is 0. The average Bonchev–Trinajstić information content (AvgIpc) is 2.46. The minimum absolute atomic E-state index is 0.624. The van der Waals surface area contributed by atoms with Gasteiger partial charge in [-0.15, -0.1) is 0 Å². The summed E-state index contributed by atoms with van der Waals surface area (Å²) < 4.78 is 2.76. The fourth-order valence-electron chi connectivity index (χ4n) is 2.98. The van der Waals surface area contributed by atoms with Crippen molar-refractivity contribution < 1.29 is 0 Å². The van der Waals surface area contributed by atoms with Crippen molar-refractivity contribution in [3.8, 4) is 0 Å². The maximum absolute atomic E-state index is 2.76. The molecule has 0 heterocycles. The summed E-state index contributed by atoms with van der Waals surface area (Å²) in [5.41, 5.74) is 6.25. The molecule has 0 saturated heterocycles. The van der Waals surface area contributed by atoms with Gasteiger partial charge in [-0.2, -0.15) is 0 Å². The second-order valence-electron chi connectivity index (χ2n) is 5.80. The molecule has 0 radical (unpaired) electrons. The Morgan fingerprint density at radius 3 is 2.00 bits per heavy atom. The van der Waals surface area contributed by atoms with Gasteiger partial charge in [0.15, 0.2) is 0 Å². The fourth-order valence-corrected chi connectivity index (χ4v) is 5.18. The Hall–Kier alpha value is -0.503. The number of rotatable bonds is 4. The smallest absolute Gasteiger partial charge is 0.134 e. The molecule has 1 nitrogen and oxygen atoms in total. The van der Waals surface area contributed by atoms with Gasteiger partial charge in [-0.25, -0.2) is 0 Å². The zero-order valence-corrected chi connectivity index (χ0v) is 14.0. The summed E-state index contributed by atoms with van der Waals surface area (Å²) >= 11 is 0. The van der Waals surface area contributed by atoms with Gasteiger partial charge < -0.3 is 4.57 Å². The van der Waals surface area contributed by atoms with Crippen LogP contribution < -0.4 is 0 Å². The third-order valence-corrected chi connectivity index (χ3v) is 6.40. The van der Waals surface area contributed by atoms with Crippen molar-refractivity contribution in [2.24, 2.45) is 5.92 Å². The Labute approximate surface area is 109 Å². The predicted octanol–water partition coefficient (Wildman–Crippen LogP) is 4.33. The Kier molecular flexibility index (Phi) is 4.65. The lowest BCUT2D eigenvalue weighted by atomic mass is 10.0. The van der Waals surface area contributed by atoms with E-state index in [9.17, 15) is 0 Å². The van der Waals surface area contributed by atoms with E-state index in [0.29, 0.717) is 12.0 Å². The van der Waals surface area contributed by atoms with Gasteiger partial charge in [0, 0.05) is 17.7 Å². The molecule has 2 heteroatoms. The number of allylic oxidation sites excluding steroid dienone is 3. The molecule has 0 fully saturated rings. The van der Waals surface area contributed by atoms with Crippen LogP contribution in [0, 0.1) is 5.92 Å². The first kappa shape index (κ1) is 14.6.